The van der Waals surface area contributed by atoms with Crippen LogP contribution in [0.3, 0.4) is 0 Å². The first-order valence-electron chi connectivity index (χ1n) is 15.4. The van der Waals surface area contributed by atoms with Gasteiger partial charge in [0.15, 0.2) is 11.5 Å². The number of rotatable bonds is 8. The van der Waals surface area contributed by atoms with E-state index in [2.05, 4.69) is 71.7 Å². The number of fused-ring (bicyclic) bond motifs is 3. The second kappa shape index (κ2) is 12.7. The number of piperidine rings is 1. The van der Waals surface area contributed by atoms with Crippen LogP contribution in [0.5, 0.6) is 11.5 Å². The number of phenolic OH excluding ortho intramolecular Hbond substituents is 1. The highest BCUT2D eigenvalue weighted by Crippen LogP contribution is 2.50. The van der Waals surface area contributed by atoms with E-state index in [0.717, 1.165) is 54.5 Å². The Kier molecular flexibility index (Phi) is 8.99. The number of methoxy groups -OCH3 is 1. The van der Waals surface area contributed by atoms with E-state index in [1.165, 1.54) is 22.3 Å². The van der Waals surface area contributed by atoms with Crippen LogP contribution in [0.15, 0.2) is 59.2 Å². The van der Waals surface area contributed by atoms with Gasteiger partial charge in [-0.2, -0.15) is 0 Å². The van der Waals surface area contributed by atoms with Crippen LogP contribution in [0.25, 0.3) is 6.08 Å². The fourth-order valence-electron chi connectivity index (χ4n) is 7.74. The van der Waals surface area contributed by atoms with E-state index in [0.29, 0.717) is 18.8 Å². The molecule has 8 heteroatoms. The fraction of sp³-hybridized carbons (Fsp3) is 0.486. The van der Waals surface area contributed by atoms with Crippen LogP contribution in [0.4, 0.5) is 0 Å². The van der Waals surface area contributed by atoms with Crippen LogP contribution in [0, 0.1) is 21.3 Å². The lowest BCUT2D eigenvalue weighted by Crippen LogP contribution is -2.47. The topological polar surface area (TPSA) is 79.3 Å². The van der Waals surface area contributed by atoms with Crippen LogP contribution < -0.4 is 4.74 Å². The quantitative estimate of drug-likeness (QED) is 0.202. The first-order valence-corrected chi connectivity index (χ1v) is 16.5. The zero-order valence-corrected chi connectivity index (χ0v) is 27.4. The summed E-state index contributed by atoms with van der Waals surface area (Å²) in [6, 6.07) is 14.3. The van der Waals surface area contributed by atoms with Crippen molar-refractivity contribution in [3.8, 4) is 11.5 Å². The number of ether oxygens (including phenoxy) is 2. The highest BCUT2D eigenvalue weighted by atomic mass is 127. The molecule has 0 spiro atoms. The van der Waals surface area contributed by atoms with Gasteiger partial charge in [0.2, 0.25) is 11.8 Å². The van der Waals surface area contributed by atoms with Gasteiger partial charge >= 0.3 is 0 Å². The molecule has 0 bridgehead atoms. The number of likely N-dealkylation sites (tertiary alicyclic amines) is 2. The second-order valence-electron chi connectivity index (χ2n) is 12.6. The Morgan fingerprint density at radius 2 is 1.86 bits per heavy atom. The van der Waals surface area contributed by atoms with E-state index < -0.39 is 0 Å². The highest BCUT2D eigenvalue weighted by molar-refractivity contribution is 14.1. The van der Waals surface area contributed by atoms with Crippen molar-refractivity contribution in [2.45, 2.75) is 64.6 Å². The molecular weight excluding hydrogens is 655 g/mol. The maximum Gasteiger partial charge on any atom is 0.234 e. The van der Waals surface area contributed by atoms with E-state index in [-0.39, 0.29) is 47.5 Å². The Balaban J connectivity index is 1.09. The lowest BCUT2D eigenvalue weighted by Gasteiger charge is -2.36. The number of aromatic hydroxyl groups is 1. The van der Waals surface area contributed by atoms with Crippen molar-refractivity contribution in [1.82, 2.24) is 9.80 Å². The molecule has 6 rings (SSSR count). The van der Waals surface area contributed by atoms with Crippen molar-refractivity contribution < 1.29 is 24.2 Å². The SMILES string of the molecule is COc1cc(/C=C(\C)CC[C@H]2OC[C@H]3C2=C(C)C[C@H]2C(=O)N(C4CCN(Cc5ccccc5)CC4)C(=O)[C@H]23)cc(I)c1O. The predicted molar refractivity (Wildman–Crippen MR) is 174 cm³/mol. The zero-order chi connectivity index (χ0) is 30.2. The van der Waals surface area contributed by atoms with Gasteiger partial charge in [0.25, 0.3) is 0 Å². The predicted octanol–water partition coefficient (Wildman–Crippen LogP) is 6.19. The normalized spacial score (nSPS) is 26.7. The summed E-state index contributed by atoms with van der Waals surface area (Å²) in [4.78, 5) is 31.7. The Labute approximate surface area is 268 Å². The van der Waals surface area contributed by atoms with Gasteiger partial charge in [0, 0.05) is 31.6 Å². The lowest BCUT2D eigenvalue weighted by molar-refractivity contribution is -0.144. The standard InChI is InChI=1S/C35H41IN2O5/c1-21(15-24-17-28(36)33(39)30(18-24)42-3)9-10-29-31-22(2)16-26-32(27(31)20-43-29)35(41)38(34(26)40)25-11-13-37(14-12-25)19-23-7-5-4-6-8-23/h4-8,15,17-18,25-27,29,32,39H,9-14,16,19-20H2,1-3H3/b21-15+/t26-,27+,29-,32-/m1/s1. The molecule has 1 N–H and O–H groups in total. The second-order valence-corrected chi connectivity index (χ2v) is 13.8. The number of nitrogens with zero attached hydrogens (tertiary/aromatic N) is 2. The minimum Gasteiger partial charge on any atom is -0.504 e. The average Bonchev–Trinajstić information content (AvgIpc) is 3.53. The zero-order valence-electron chi connectivity index (χ0n) is 25.2. The third kappa shape index (κ3) is 6.02. The fourth-order valence-corrected chi connectivity index (χ4v) is 8.36. The summed E-state index contributed by atoms with van der Waals surface area (Å²) in [6.45, 7) is 7.45. The van der Waals surface area contributed by atoms with E-state index in [4.69, 9.17) is 9.47 Å². The molecule has 2 aromatic rings. The van der Waals surface area contributed by atoms with Crippen LogP contribution in [0.1, 0.15) is 57.1 Å². The third-order valence-electron chi connectivity index (χ3n) is 9.84. The molecular formula is C35H41IN2O5. The van der Waals surface area contributed by atoms with Crippen molar-refractivity contribution in [2.24, 2.45) is 17.8 Å². The molecule has 43 heavy (non-hydrogen) atoms. The van der Waals surface area contributed by atoms with Gasteiger partial charge in [0.05, 0.1) is 35.2 Å². The number of halogens is 1. The molecule has 4 atom stereocenters. The molecule has 4 aliphatic rings. The number of hydrogen-bond acceptors (Lipinski definition) is 6. The molecule has 3 fully saturated rings. The first kappa shape index (κ1) is 30.3. The lowest BCUT2D eigenvalue weighted by atomic mass is 9.70. The molecule has 2 amide bonds. The van der Waals surface area contributed by atoms with Gasteiger partial charge in [-0.15, -0.1) is 0 Å². The van der Waals surface area contributed by atoms with Crippen molar-refractivity contribution in [3.05, 3.63) is 73.9 Å². The molecule has 0 aromatic heterocycles. The van der Waals surface area contributed by atoms with E-state index in [1.807, 2.05) is 18.2 Å². The minimum absolute atomic E-state index is 0.00408. The van der Waals surface area contributed by atoms with Gasteiger partial charge in [-0.3, -0.25) is 19.4 Å². The van der Waals surface area contributed by atoms with Crippen LogP contribution >= 0.6 is 22.6 Å². The number of allylic oxidation sites excluding steroid dienone is 2. The Morgan fingerprint density at radius 1 is 1.12 bits per heavy atom. The summed E-state index contributed by atoms with van der Waals surface area (Å²) < 4.78 is 12.4. The first-order chi connectivity index (χ1) is 20.7. The van der Waals surface area contributed by atoms with Gasteiger partial charge in [-0.05, 0) is 97.4 Å². The third-order valence-corrected chi connectivity index (χ3v) is 10.7. The highest BCUT2D eigenvalue weighted by Gasteiger charge is 2.57. The number of hydrogen-bond donors (Lipinski definition) is 1. The van der Waals surface area contributed by atoms with Gasteiger partial charge in [-0.25, -0.2) is 0 Å². The number of imide groups is 1. The average molecular weight is 697 g/mol. The molecule has 2 aromatic carbocycles. The molecule has 0 unspecified atom stereocenters. The van der Waals surface area contributed by atoms with Crippen molar-refractivity contribution in [2.75, 3.05) is 26.8 Å². The number of phenols is 1. The molecule has 0 radical (unpaired) electrons. The van der Waals surface area contributed by atoms with Crippen molar-refractivity contribution in [1.29, 1.82) is 0 Å². The summed E-state index contributed by atoms with van der Waals surface area (Å²) in [6.07, 6.45) is 6.11. The maximum atomic E-state index is 13.9. The number of carbonyl (C=O) groups is 2. The minimum atomic E-state index is -0.290. The van der Waals surface area contributed by atoms with Gasteiger partial charge in [-0.1, -0.05) is 47.6 Å². The summed E-state index contributed by atoms with van der Waals surface area (Å²) >= 11 is 2.11. The molecule has 3 heterocycles. The molecule has 0 saturated carbocycles. The van der Waals surface area contributed by atoms with Crippen LogP contribution in [-0.4, -0.2) is 65.7 Å². The molecule has 3 aliphatic heterocycles. The van der Waals surface area contributed by atoms with Crippen LogP contribution in [0.2, 0.25) is 0 Å². The Bertz CT molecular complexity index is 1450. The maximum absolute atomic E-state index is 13.9. The smallest absolute Gasteiger partial charge is 0.234 e. The summed E-state index contributed by atoms with van der Waals surface area (Å²) in [7, 11) is 1.56. The molecule has 7 nitrogen and oxygen atoms in total. The Hall–Kier alpha value is -2.69. The molecule has 228 valence electrons. The molecule has 3 saturated heterocycles. The summed E-state index contributed by atoms with van der Waals surface area (Å²) in [5, 5.41) is 10.2. The van der Waals surface area contributed by atoms with E-state index in [9.17, 15) is 14.7 Å². The van der Waals surface area contributed by atoms with Gasteiger partial charge < -0.3 is 14.6 Å². The number of amides is 2. The molecule has 1 aliphatic carbocycles. The summed E-state index contributed by atoms with van der Waals surface area (Å²) in [5.41, 5.74) is 5.98. The van der Waals surface area contributed by atoms with E-state index in [1.54, 1.807) is 12.0 Å². The van der Waals surface area contributed by atoms with Gasteiger partial charge in [0.1, 0.15) is 0 Å². The van der Waals surface area contributed by atoms with Crippen LogP contribution in [-0.2, 0) is 20.9 Å². The van der Waals surface area contributed by atoms with E-state index >= 15 is 0 Å². The number of carbonyl (C=O) groups excluding carboxylic acids is 2. The van der Waals surface area contributed by atoms with Crippen molar-refractivity contribution in [3.63, 3.8) is 0 Å². The Morgan fingerprint density at radius 3 is 2.58 bits per heavy atom. The largest absolute Gasteiger partial charge is 0.504 e. The number of benzene rings is 2. The van der Waals surface area contributed by atoms with Crippen molar-refractivity contribution >= 4 is 40.5 Å². The monoisotopic (exact) mass is 696 g/mol. The summed E-state index contributed by atoms with van der Waals surface area (Å²) in [5.74, 6) is 0.150.